The second kappa shape index (κ2) is 65.4. The van der Waals surface area contributed by atoms with Gasteiger partial charge in [0, 0.05) is 12.8 Å². The fraction of sp³-hybridized carbons (Fsp3) is 0.773. The van der Waals surface area contributed by atoms with E-state index in [1.165, 1.54) is 186 Å². The molecule has 9 heteroatoms. The van der Waals surface area contributed by atoms with E-state index in [-0.39, 0.29) is 38.6 Å². The predicted molar refractivity (Wildman–Crippen MR) is 357 cm³/mol. The number of carboxylic acids is 1. The Morgan fingerprint density at radius 2 is 0.679 bits per heavy atom. The van der Waals surface area contributed by atoms with Gasteiger partial charge in [-0.1, -0.05) is 317 Å². The van der Waals surface area contributed by atoms with Gasteiger partial charge in [0.05, 0.1) is 40.3 Å². The van der Waals surface area contributed by atoms with Crippen LogP contribution in [0.4, 0.5) is 0 Å². The Morgan fingerprint density at radius 1 is 0.369 bits per heavy atom. The lowest BCUT2D eigenvalue weighted by Crippen LogP contribution is -2.44. The molecule has 0 bridgehead atoms. The number of aliphatic carboxylic acids is 1. The van der Waals surface area contributed by atoms with Gasteiger partial charge in [-0.2, -0.15) is 0 Å². The number of hydrogen-bond acceptors (Lipinski definition) is 8. The normalized spacial score (nSPS) is 13.2. The van der Waals surface area contributed by atoms with Crippen molar-refractivity contribution in [1.29, 1.82) is 0 Å². The number of quaternary nitrogens is 1. The highest BCUT2D eigenvalue weighted by atomic mass is 16.7. The molecule has 0 saturated carbocycles. The average Bonchev–Trinajstić information content (AvgIpc) is 3.51. The van der Waals surface area contributed by atoms with Crippen LogP contribution in [0.2, 0.25) is 0 Å². The highest BCUT2D eigenvalue weighted by Gasteiger charge is 2.22. The molecule has 0 aliphatic rings. The Morgan fingerprint density at radius 3 is 1.01 bits per heavy atom. The third kappa shape index (κ3) is 66.0. The van der Waals surface area contributed by atoms with Crippen molar-refractivity contribution in [2.24, 2.45) is 0 Å². The molecule has 0 rings (SSSR count). The maximum atomic E-state index is 12.9. The summed E-state index contributed by atoms with van der Waals surface area (Å²) in [4.78, 5) is 37.5. The molecule has 9 nitrogen and oxygen atoms in total. The van der Waals surface area contributed by atoms with Crippen molar-refractivity contribution >= 4 is 17.9 Å². The molecule has 0 heterocycles. The number of likely N-dealkylation sites (N-methyl/N-ethyl adjacent to an activating group) is 1. The van der Waals surface area contributed by atoms with Gasteiger partial charge in [0.2, 0.25) is 0 Å². The number of unbranched alkanes of at least 4 members (excludes halogenated alkanes) is 36. The highest BCUT2D eigenvalue weighted by molar-refractivity contribution is 5.70. The summed E-state index contributed by atoms with van der Waals surface area (Å²) in [5.41, 5.74) is 0. The van der Waals surface area contributed by atoms with Crippen LogP contribution in [0.15, 0.2) is 85.1 Å². The molecule has 84 heavy (non-hydrogen) atoms. The van der Waals surface area contributed by atoms with Crippen LogP contribution < -0.4 is 5.11 Å². The number of carboxylic acid groups (broad SMARTS) is 1. The van der Waals surface area contributed by atoms with Crippen molar-refractivity contribution in [2.75, 3.05) is 47.5 Å². The zero-order valence-corrected chi connectivity index (χ0v) is 55.5. The Bertz CT molecular complexity index is 1650. The molecule has 0 amide bonds. The topological polar surface area (TPSA) is 111 Å². The van der Waals surface area contributed by atoms with Crippen molar-refractivity contribution < 1.29 is 42.9 Å². The minimum Gasteiger partial charge on any atom is -0.545 e. The number of nitrogens with zero attached hydrogens (tertiary/aromatic N) is 1. The molecule has 0 aliphatic heterocycles. The van der Waals surface area contributed by atoms with E-state index in [1.807, 2.05) is 21.1 Å². The molecule has 0 radical (unpaired) electrons. The fourth-order valence-corrected chi connectivity index (χ4v) is 10.0. The van der Waals surface area contributed by atoms with Crippen LogP contribution in [0.1, 0.15) is 316 Å². The third-order valence-corrected chi connectivity index (χ3v) is 15.4. The lowest BCUT2D eigenvalue weighted by molar-refractivity contribution is -0.870. The molecule has 0 N–H and O–H groups in total. The first kappa shape index (κ1) is 80.5. The van der Waals surface area contributed by atoms with Gasteiger partial charge in [-0.15, -0.1) is 0 Å². The largest absolute Gasteiger partial charge is 0.545 e. The Hall–Kier alpha value is -3.53. The third-order valence-electron chi connectivity index (χ3n) is 15.4. The first-order valence-corrected chi connectivity index (χ1v) is 35.2. The van der Waals surface area contributed by atoms with E-state index >= 15 is 0 Å². The van der Waals surface area contributed by atoms with Crippen LogP contribution in [0.5, 0.6) is 0 Å². The van der Waals surface area contributed by atoms with Gasteiger partial charge in [-0.25, -0.2) is 0 Å². The number of carbonyl (C=O) groups is 3. The van der Waals surface area contributed by atoms with Gasteiger partial charge in [-0.05, 0) is 70.6 Å². The van der Waals surface area contributed by atoms with E-state index in [9.17, 15) is 19.5 Å². The van der Waals surface area contributed by atoms with Gasteiger partial charge < -0.3 is 33.3 Å². The van der Waals surface area contributed by atoms with Crippen molar-refractivity contribution in [3.05, 3.63) is 85.1 Å². The van der Waals surface area contributed by atoms with Crippen LogP contribution in [-0.2, 0) is 33.3 Å². The summed E-state index contributed by atoms with van der Waals surface area (Å²) in [6, 6.07) is 0. The summed E-state index contributed by atoms with van der Waals surface area (Å²) in [7, 11) is 5.92. The second-order valence-electron chi connectivity index (χ2n) is 24.8. The highest BCUT2D eigenvalue weighted by Crippen LogP contribution is 2.18. The summed E-state index contributed by atoms with van der Waals surface area (Å²) in [5, 5.41) is 11.8. The number of allylic oxidation sites excluding steroid dienone is 14. The summed E-state index contributed by atoms with van der Waals surface area (Å²) in [5.74, 6) is -2.30. The van der Waals surface area contributed by atoms with E-state index in [0.717, 1.165) is 96.3 Å². The number of ether oxygens (including phenoxy) is 4. The quantitative estimate of drug-likeness (QED) is 0.0195. The zero-order valence-electron chi connectivity index (χ0n) is 55.5. The maximum Gasteiger partial charge on any atom is 0.306 e. The number of carbonyl (C=O) groups excluding carboxylic acids is 3. The van der Waals surface area contributed by atoms with E-state index in [1.54, 1.807) is 0 Å². The Labute approximate surface area is 519 Å². The smallest absolute Gasteiger partial charge is 0.306 e. The molecule has 0 fully saturated rings. The van der Waals surface area contributed by atoms with Crippen LogP contribution in [0.25, 0.3) is 0 Å². The van der Waals surface area contributed by atoms with Crippen LogP contribution in [0, 0.1) is 0 Å². The van der Waals surface area contributed by atoms with Crippen LogP contribution in [-0.4, -0.2) is 82.3 Å². The van der Waals surface area contributed by atoms with Crippen LogP contribution >= 0.6 is 0 Å². The Kier molecular flexibility index (Phi) is 62.7. The molecule has 486 valence electrons. The van der Waals surface area contributed by atoms with Gasteiger partial charge in [0.25, 0.3) is 0 Å². The molecule has 0 aliphatic carbocycles. The van der Waals surface area contributed by atoms with E-state index < -0.39 is 24.3 Å². The Balaban J connectivity index is 4.13. The second-order valence-corrected chi connectivity index (χ2v) is 24.8. The monoisotopic (exact) mass is 1180 g/mol. The molecule has 2 unspecified atom stereocenters. The van der Waals surface area contributed by atoms with Crippen LogP contribution in [0.3, 0.4) is 0 Å². The molecule has 0 saturated heterocycles. The molecular formula is C75H133NO8. The van der Waals surface area contributed by atoms with Gasteiger partial charge in [-0.3, -0.25) is 9.59 Å². The molecule has 0 aromatic heterocycles. The van der Waals surface area contributed by atoms with Crippen molar-refractivity contribution in [1.82, 2.24) is 0 Å². The van der Waals surface area contributed by atoms with E-state index in [2.05, 4.69) is 98.9 Å². The summed E-state index contributed by atoms with van der Waals surface area (Å²) < 4.78 is 22.8. The number of esters is 2. The van der Waals surface area contributed by atoms with Crippen molar-refractivity contribution in [2.45, 2.75) is 328 Å². The first-order valence-electron chi connectivity index (χ1n) is 35.2. The van der Waals surface area contributed by atoms with Gasteiger partial charge in [0.15, 0.2) is 12.4 Å². The minimum absolute atomic E-state index is 0.141. The fourth-order valence-electron chi connectivity index (χ4n) is 10.0. The SMILES string of the molecule is CC/C=C\C/C=C\C/C=C\C/C=C\C/C=C\C/C=C\C/C=C\CCCCCCCC(=O)OC(COC(=O)CCCCCCCCCCCCCCCCCCCCCCCCCCCCCCCCCC)COC(OCC[N+](C)(C)C)C(=O)[O-]. The van der Waals surface area contributed by atoms with Crippen molar-refractivity contribution in [3.8, 4) is 0 Å². The van der Waals surface area contributed by atoms with Gasteiger partial charge in [0.1, 0.15) is 13.2 Å². The maximum absolute atomic E-state index is 12.9. The molecule has 2 atom stereocenters. The first-order chi connectivity index (χ1) is 41.1. The molecule has 0 aromatic carbocycles. The molecular weight excluding hydrogens is 1040 g/mol. The predicted octanol–water partition coefficient (Wildman–Crippen LogP) is 20.5. The standard InChI is InChI=1S/C75H133NO8/c1-6-8-10-12-14-16-18-20-22-24-26-28-30-32-34-35-36-37-38-40-41-43-45-47-49-51-53-55-57-59-61-63-65-72(77)82-69-71(70-83-75(74(79)80)81-68-67-76(3,4)5)84-73(78)66-64-62-60-58-56-54-52-50-48-46-44-42-39-33-31-29-27-25-23-21-19-17-15-13-11-9-7-2/h9,11,15,17,21,23,27,29,33,39,44,46,50,52,71,75H,6-8,10,12-14,16,18-20,22,24-26,28,30-32,34-38,40-43,45,47-49,51,53-70H2,1-5H3/b11-9-,17-15-,23-21-,29-27-,39-33-,46-44-,52-50-. The van der Waals surface area contributed by atoms with E-state index in [0.29, 0.717) is 17.4 Å². The lowest BCUT2D eigenvalue weighted by Gasteiger charge is -2.26. The number of rotatable bonds is 65. The molecule has 0 spiro atoms. The summed E-state index contributed by atoms with van der Waals surface area (Å²) in [6.07, 6.45) is 85.3. The van der Waals surface area contributed by atoms with E-state index in [4.69, 9.17) is 18.9 Å². The van der Waals surface area contributed by atoms with Gasteiger partial charge >= 0.3 is 11.9 Å². The van der Waals surface area contributed by atoms with Crippen molar-refractivity contribution in [3.63, 3.8) is 0 Å². The zero-order chi connectivity index (χ0) is 61.2. The lowest BCUT2D eigenvalue weighted by atomic mass is 10.0. The molecule has 0 aromatic rings. The summed E-state index contributed by atoms with van der Waals surface area (Å²) in [6.45, 7) is 4.65. The minimum atomic E-state index is -1.63. The number of hydrogen-bond donors (Lipinski definition) is 0. The average molecular weight is 1180 g/mol. The summed E-state index contributed by atoms with van der Waals surface area (Å²) >= 11 is 0.